The summed E-state index contributed by atoms with van der Waals surface area (Å²) in [7, 11) is 1.65. The summed E-state index contributed by atoms with van der Waals surface area (Å²) in [6, 6.07) is 7.84. The highest BCUT2D eigenvalue weighted by atomic mass is 17.1. The Morgan fingerprint density at radius 1 is 0.917 bits per heavy atom. The molecule has 6 rings (SSSR count). The van der Waals surface area contributed by atoms with Gasteiger partial charge in [-0.1, -0.05) is 67.0 Å². The molecule has 1 amide bonds. The third-order valence-electron chi connectivity index (χ3n) is 14.6. The number of nitrogens with one attached hydrogen (secondary N) is 1. The number of benzene rings is 1. The maximum Gasteiger partial charge on any atom is 0.352 e. The number of hydrogen-bond acceptors (Lipinski definition) is 6. The molecule has 0 bridgehead atoms. The van der Waals surface area contributed by atoms with Crippen LogP contribution in [0.3, 0.4) is 0 Å². The topological polar surface area (TPSA) is 102 Å². The molecular weight excluding hydrogens is 602 g/mol. The van der Waals surface area contributed by atoms with E-state index in [1.54, 1.807) is 7.11 Å². The lowest BCUT2D eigenvalue weighted by atomic mass is 9.33. The fourth-order valence-corrected chi connectivity index (χ4v) is 12.2. The van der Waals surface area contributed by atoms with Gasteiger partial charge in [0.05, 0.1) is 7.11 Å². The van der Waals surface area contributed by atoms with E-state index in [1.165, 1.54) is 51.0 Å². The van der Waals surface area contributed by atoms with Crippen LogP contribution < -0.4 is 10.1 Å². The van der Waals surface area contributed by atoms with E-state index in [4.69, 9.17) is 4.74 Å². The molecule has 0 saturated heterocycles. The Morgan fingerprint density at radius 2 is 1.60 bits per heavy atom. The van der Waals surface area contributed by atoms with Gasteiger partial charge in [-0.05, 0) is 132 Å². The molecule has 0 radical (unpaired) electrons. The van der Waals surface area contributed by atoms with Gasteiger partial charge >= 0.3 is 5.97 Å². The molecule has 7 nitrogen and oxygen atoms in total. The lowest BCUT2D eigenvalue weighted by Crippen LogP contribution is -2.64. The summed E-state index contributed by atoms with van der Waals surface area (Å²) in [5, 5.41) is 12.2. The van der Waals surface area contributed by atoms with Crippen LogP contribution in [0.25, 0.3) is 0 Å². The Morgan fingerprint density at radius 3 is 2.21 bits per heavy atom. The lowest BCUT2D eigenvalue weighted by molar-refractivity contribution is -0.250. The average molecular weight is 664 g/mol. The molecule has 5 aliphatic carbocycles. The molecule has 0 unspecified atom stereocenters. The molecule has 7 heteroatoms. The Labute approximate surface area is 288 Å². The predicted octanol–water partition coefficient (Wildman–Crippen LogP) is 8.75. The first-order chi connectivity index (χ1) is 22.5. The number of carbonyl (C=O) groups is 3. The molecule has 48 heavy (non-hydrogen) atoms. The zero-order valence-electron chi connectivity index (χ0n) is 31.1. The first kappa shape index (κ1) is 36.6. The number of amides is 1. The lowest BCUT2D eigenvalue weighted by Gasteiger charge is -2.71. The third kappa shape index (κ3) is 5.84. The van der Waals surface area contributed by atoms with E-state index in [2.05, 4.69) is 58.7 Å². The molecule has 0 aliphatic heterocycles. The molecule has 0 spiro atoms. The predicted molar refractivity (Wildman–Crippen MR) is 188 cm³/mol. The van der Waals surface area contributed by atoms with Crippen molar-refractivity contribution in [1.82, 2.24) is 5.32 Å². The van der Waals surface area contributed by atoms with E-state index in [0.717, 1.165) is 42.1 Å². The van der Waals surface area contributed by atoms with Crippen LogP contribution in [0, 0.1) is 50.7 Å². The van der Waals surface area contributed by atoms with Gasteiger partial charge in [0.2, 0.25) is 5.91 Å². The van der Waals surface area contributed by atoms with Gasteiger partial charge in [-0.25, -0.2) is 4.79 Å². The molecule has 5 aliphatic rings. The van der Waals surface area contributed by atoms with Crippen LogP contribution >= 0.6 is 0 Å². The third-order valence-corrected chi connectivity index (χ3v) is 14.6. The van der Waals surface area contributed by atoms with Crippen molar-refractivity contribution in [3.63, 3.8) is 0 Å². The van der Waals surface area contributed by atoms with Crippen molar-refractivity contribution < 1.29 is 29.3 Å². The van der Waals surface area contributed by atoms with E-state index in [1.807, 2.05) is 24.3 Å². The van der Waals surface area contributed by atoms with Crippen molar-refractivity contribution in [2.24, 2.45) is 50.7 Å². The average Bonchev–Trinajstić information content (AvgIpc) is 3.34. The van der Waals surface area contributed by atoms with Gasteiger partial charge in [-0.3, -0.25) is 9.59 Å². The zero-order chi connectivity index (χ0) is 35.3. The molecule has 266 valence electrons. The maximum absolute atomic E-state index is 13.3. The SMILES string of the molecule is CC(C)C1=C2[C@H]3CC[C@@H]4[C@@]5(C)CCCC(C)(C)[C@@H]5CC[C@@]4(C)[C@]3(C)CC[C@@]2(C(=O)OO)CC1=O.COc1ccc(CCNC(C)=O)cc1. The summed E-state index contributed by atoms with van der Waals surface area (Å²) in [6.45, 7) is 19.0. The Kier molecular flexibility index (Phi) is 10.1. The van der Waals surface area contributed by atoms with E-state index < -0.39 is 11.4 Å². The van der Waals surface area contributed by atoms with Crippen molar-refractivity contribution in [2.45, 2.75) is 126 Å². The van der Waals surface area contributed by atoms with Gasteiger partial charge in [0.15, 0.2) is 5.78 Å². The van der Waals surface area contributed by atoms with Crippen LogP contribution in [0.1, 0.15) is 125 Å². The number of Topliss-reactive ketones (excluding diaryl/α,β-unsaturated/α-hetero) is 1. The van der Waals surface area contributed by atoms with Gasteiger partial charge in [0.1, 0.15) is 11.2 Å². The van der Waals surface area contributed by atoms with Crippen LogP contribution in [0.4, 0.5) is 0 Å². The summed E-state index contributed by atoms with van der Waals surface area (Å²) < 4.78 is 5.04. The number of ketones is 1. The minimum Gasteiger partial charge on any atom is -0.497 e. The molecule has 0 heterocycles. The summed E-state index contributed by atoms with van der Waals surface area (Å²) in [5.74, 6) is 2.10. The summed E-state index contributed by atoms with van der Waals surface area (Å²) >= 11 is 0. The van der Waals surface area contributed by atoms with E-state index in [9.17, 15) is 19.6 Å². The summed E-state index contributed by atoms with van der Waals surface area (Å²) in [4.78, 5) is 41.4. The van der Waals surface area contributed by atoms with Crippen LogP contribution in [-0.2, 0) is 25.7 Å². The van der Waals surface area contributed by atoms with Crippen molar-refractivity contribution in [3.05, 3.63) is 41.0 Å². The van der Waals surface area contributed by atoms with E-state index >= 15 is 0 Å². The van der Waals surface area contributed by atoms with Gasteiger partial charge in [-0.15, -0.1) is 0 Å². The minimum absolute atomic E-state index is 0.0125. The highest BCUT2D eigenvalue weighted by Crippen LogP contribution is 2.76. The van der Waals surface area contributed by atoms with Crippen molar-refractivity contribution >= 4 is 17.7 Å². The van der Waals surface area contributed by atoms with E-state index in [0.29, 0.717) is 29.7 Å². The second-order valence-electron chi connectivity index (χ2n) is 17.6. The largest absolute Gasteiger partial charge is 0.497 e. The molecule has 1 aromatic rings. The van der Waals surface area contributed by atoms with Crippen molar-refractivity contribution in [1.29, 1.82) is 0 Å². The molecule has 1 aromatic carbocycles. The quantitative estimate of drug-likeness (QED) is 0.233. The highest BCUT2D eigenvalue weighted by molar-refractivity contribution is 6.05. The number of ether oxygens (including phenoxy) is 1. The number of rotatable bonds is 6. The normalized spacial score (nSPS) is 36.5. The fraction of sp³-hybridized carbons (Fsp3) is 0.732. The Balaban J connectivity index is 0.000000271. The Bertz CT molecular complexity index is 1430. The van der Waals surface area contributed by atoms with Crippen LogP contribution in [0.15, 0.2) is 35.4 Å². The summed E-state index contributed by atoms with van der Waals surface area (Å²) in [5.41, 5.74) is 3.16. The van der Waals surface area contributed by atoms with Gasteiger partial charge in [0.25, 0.3) is 0 Å². The van der Waals surface area contributed by atoms with Crippen LogP contribution in [0.2, 0.25) is 0 Å². The fourth-order valence-electron chi connectivity index (χ4n) is 12.2. The number of carbonyl (C=O) groups excluding carboxylic acids is 3. The highest BCUT2D eigenvalue weighted by Gasteiger charge is 2.70. The number of methoxy groups -OCH3 is 1. The van der Waals surface area contributed by atoms with Crippen molar-refractivity contribution in [2.75, 3.05) is 13.7 Å². The monoisotopic (exact) mass is 663 g/mol. The van der Waals surface area contributed by atoms with E-state index in [-0.39, 0.29) is 40.8 Å². The van der Waals surface area contributed by atoms with Gasteiger partial charge in [0, 0.05) is 19.9 Å². The smallest absolute Gasteiger partial charge is 0.352 e. The second kappa shape index (κ2) is 13.2. The van der Waals surface area contributed by atoms with Crippen LogP contribution in [-0.4, -0.2) is 36.6 Å². The molecular formula is C41H61NO6. The summed E-state index contributed by atoms with van der Waals surface area (Å²) in [6.07, 6.45) is 11.3. The first-order valence-corrected chi connectivity index (χ1v) is 18.5. The minimum atomic E-state index is -0.952. The van der Waals surface area contributed by atoms with Gasteiger partial charge in [-0.2, -0.15) is 5.26 Å². The first-order valence-electron chi connectivity index (χ1n) is 18.5. The standard InChI is InChI=1S/C30H46O4.C11H15NO2/c1-18(2)23-20(31)17-30(25(32)34-33)16-15-28(6)19(24(23)30)9-10-22-27(5)13-8-12-26(3,4)21(27)11-14-29(22,28)7;1-9(13)12-8-7-10-3-5-11(14-2)6-4-10/h18-19,21-22,33H,8-17H2,1-7H3;3-6H,7-8H2,1-2H3,(H,12,13)/t19-,21+,22-,27+,28-,29-,30-;/m1./s1. The molecule has 7 atom stereocenters. The molecule has 0 aromatic heterocycles. The maximum atomic E-state index is 13.3. The number of allylic oxidation sites excluding steroid dienone is 1. The number of hydrogen-bond donors (Lipinski definition) is 2. The van der Waals surface area contributed by atoms with Crippen LogP contribution in [0.5, 0.6) is 5.75 Å². The molecule has 4 saturated carbocycles. The molecule has 4 fully saturated rings. The van der Waals surface area contributed by atoms with Gasteiger partial charge < -0.3 is 14.9 Å². The molecule has 2 N–H and O–H groups in total. The van der Waals surface area contributed by atoms with Crippen molar-refractivity contribution in [3.8, 4) is 5.75 Å². The number of fused-ring (bicyclic) bond motifs is 7. The second-order valence-corrected chi connectivity index (χ2v) is 17.6. The zero-order valence-corrected chi connectivity index (χ0v) is 31.1. The Hall–Kier alpha value is -2.67.